The zero-order valence-electron chi connectivity index (χ0n) is 13.2. The average Bonchev–Trinajstić information content (AvgIpc) is 2.89. The minimum absolute atomic E-state index is 0.273. The normalized spacial score (nSPS) is 14.5. The Bertz CT molecular complexity index is 857. The molecule has 2 aromatic rings. The SMILES string of the molecule is CCOC(=O)c1ccc(N=C2C(=O)Nc3c2ccc(Cl)c3C)cc1. The minimum atomic E-state index is -0.383. The molecule has 0 saturated heterocycles. The second kappa shape index (κ2) is 6.45. The summed E-state index contributed by atoms with van der Waals surface area (Å²) in [6.45, 7) is 3.92. The highest BCUT2D eigenvalue weighted by Crippen LogP contribution is 2.33. The van der Waals surface area contributed by atoms with Crippen molar-refractivity contribution in [2.75, 3.05) is 11.9 Å². The molecule has 6 heteroatoms. The number of ether oxygens (including phenoxy) is 1. The molecule has 0 bridgehead atoms. The molecule has 1 aliphatic heterocycles. The Kier molecular flexibility index (Phi) is 4.36. The number of carbonyl (C=O) groups excluding carboxylic acids is 2. The first-order valence-electron chi connectivity index (χ1n) is 7.48. The van der Waals surface area contributed by atoms with Crippen LogP contribution in [0.2, 0.25) is 5.02 Å². The Balaban J connectivity index is 1.94. The summed E-state index contributed by atoms with van der Waals surface area (Å²) >= 11 is 6.09. The van der Waals surface area contributed by atoms with E-state index >= 15 is 0 Å². The van der Waals surface area contributed by atoms with Crippen LogP contribution in [0.15, 0.2) is 41.4 Å². The molecule has 0 atom stereocenters. The number of esters is 1. The molecule has 0 aliphatic carbocycles. The average molecular weight is 343 g/mol. The summed E-state index contributed by atoms with van der Waals surface area (Å²) in [5.41, 5.74) is 3.57. The van der Waals surface area contributed by atoms with E-state index in [1.165, 1.54) is 0 Å². The maximum absolute atomic E-state index is 12.2. The third kappa shape index (κ3) is 2.90. The van der Waals surface area contributed by atoms with Gasteiger partial charge in [0.05, 0.1) is 23.5 Å². The van der Waals surface area contributed by atoms with Gasteiger partial charge in [-0.3, -0.25) is 4.79 Å². The van der Waals surface area contributed by atoms with Gasteiger partial charge in [-0.15, -0.1) is 0 Å². The number of carbonyl (C=O) groups is 2. The van der Waals surface area contributed by atoms with Gasteiger partial charge in [-0.2, -0.15) is 0 Å². The van der Waals surface area contributed by atoms with Crippen LogP contribution in [-0.2, 0) is 9.53 Å². The summed E-state index contributed by atoms with van der Waals surface area (Å²) in [4.78, 5) is 28.3. The van der Waals surface area contributed by atoms with E-state index in [1.54, 1.807) is 43.3 Å². The lowest BCUT2D eigenvalue weighted by atomic mass is 10.1. The molecule has 1 heterocycles. The van der Waals surface area contributed by atoms with Gasteiger partial charge in [0.2, 0.25) is 0 Å². The molecule has 0 fully saturated rings. The summed E-state index contributed by atoms with van der Waals surface area (Å²) in [7, 11) is 0. The van der Waals surface area contributed by atoms with Crippen LogP contribution in [0, 0.1) is 6.92 Å². The molecule has 0 saturated carbocycles. The fourth-order valence-electron chi connectivity index (χ4n) is 2.47. The highest BCUT2D eigenvalue weighted by molar-refractivity contribution is 6.54. The van der Waals surface area contributed by atoms with Gasteiger partial charge in [-0.1, -0.05) is 11.6 Å². The maximum Gasteiger partial charge on any atom is 0.338 e. The number of hydrogen-bond acceptors (Lipinski definition) is 4. The Morgan fingerprint density at radius 3 is 2.58 bits per heavy atom. The predicted molar refractivity (Wildman–Crippen MR) is 93.4 cm³/mol. The van der Waals surface area contributed by atoms with Crippen molar-refractivity contribution in [3.8, 4) is 0 Å². The molecule has 24 heavy (non-hydrogen) atoms. The number of anilines is 1. The maximum atomic E-state index is 12.2. The van der Waals surface area contributed by atoms with Gasteiger partial charge in [-0.25, -0.2) is 9.79 Å². The number of rotatable bonds is 3. The fourth-order valence-corrected chi connectivity index (χ4v) is 2.62. The van der Waals surface area contributed by atoms with Crippen molar-refractivity contribution < 1.29 is 14.3 Å². The van der Waals surface area contributed by atoms with Gasteiger partial charge in [0, 0.05) is 10.6 Å². The van der Waals surface area contributed by atoms with Crippen LogP contribution in [0.25, 0.3) is 0 Å². The standard InChI is InChI=1S/C18H15ClN2O3/c1-3-24-18(23)11-4-6-12(7-5-11)20-16-13-8-9-14(19)10(2)15(13)21-17(16)22/h4-9H,3H2,1-2H3,(H,20,21,22). The van der Waals surface area contributed by atoms with E-state index in [4.69, 9.17) is 16.3 Å². The molecule has 0 unspecified atom stereocenters. The largest absolute Gasteiger partial charge is 0.462 e. The Labute approximate surface area is 144 Å². The smallest absolute Gasteiger partial charge is 0.338 e. The summed E-state index contributed by atoms with van der Waals surface area (Å²) in [6, 6.07) is 10.1. The summed E-state index contributed by atoms with van der Waals surface area (Å²) in [6.07, 6.45) is 0. The van der Waals surface area contributed by atoms with Gasteiger partial charge in [0.25, 0.3) is 5.91 Å². The summed E-state index contributed by atoms with van der Waals surface area (Å²) in [5.74, 6) is -0.657. The van der Waals surface area contributed by atoms with Crippen molar-refractivity contribution >= 4 is 40.6 Å². The first-order chi connectivity index (χ1) is 11.5. The molecule has 122 valence electrons. The third-order valence-corrected chi connectivity index (χ3v) is 4.14. The summed E-state index contributed by atoms with van der Waals surface area (Å²) in [5, 5.41) is 3.39. The number of nitrogens with one attached hydrogen (secondary N) is 1. The predicted octanol–water partition coefficient (Wildman–Crippen LogP) is 3.90. The highest BCUT2D eigenvalue weighted by atomic mass is 35.5. The summed E-state index contributed by atoms with van der Waals surface area (Å²) < 4.78 is 4.94. The fraction of sp³-hybridized carbons (Fsp3) is 0.167. The van der Waals surface area contributed by atoms with Gasteiger partial charge < -0.3 is 10.1 Å². The first kappa shape index (κ1) is 16.2. The Morgan fingerprint density at radius 2 is 1.92 bits per heavy atom. The quantitative estimate of drug-likeness (QED) is 0.860. The van der Waals surface area contributed by atoms with Crippen molar-refractivity contribution in [1.29, 1.82) is 0 Å². The van der Waals surface area contributed by atoms with E-state index in [9.17, 15) is 9.59 Å². The molecule has 5 nitrogen and oxygen atoms in total. The molecule has 3 rings (SSSR count). The molecule has 2 aromatic carbocycles. The number of halogens is 1. The van der Waals surface area contributed by atoms with Crippen molar-refractivity contribution in [2.45, 2.75) is 13.8 Å². The number of nitrogens with zero attached hydrogens (tertiary/aromatic N) is 1. The molecule has 0 aromatic heterocycles. The van der Waals surface area contributed by atoms with Crippen LogP contribution < -0.4 is 5.32 Å². The van der Waals surface area contributed by atoms with E-state index in [-0.39, 0.29) is 11.9 Å². The van der Waals surface area contributed by atoms with E-state index in [1.807, 2.05) is 6.92 Å². The van der Waals surface area contributed by atoms with E-state index in [2.05, 4.69) is 10.3 Å². The lowest BCUT2D eigenvalue weighted by Gasteiger charge is -2.04. The molecule has 0 radical (unpaired) electrons. The van der Waals surface area contributed by atoms with Crippen molar-refractivity contribution in [1.82, 2.24) is 0 Å². The zero-order chi connectivity index (χ0) is 17.3. The Hall–Kier alpha value is -2.66. The lowest BCUT2D eigenvalue weighted by Crippen LogP contribution is -2.14. The van der Waals surface area contributed by atoms with Crippen molar-refractivity contribution in [3.63, 3.8) is 0 Å². The minimum Gasteiger partial charge on any atom is -0.462 e. The monoisotopic (exact) mass is 342 g/mol. The number of benzene rings is 2. The molecule has 1 aliphatic rings. The number of amides is 1. The number of hydrogen-bond donors (Lipinski definition) is 1. The zero-order valence-corrected chi connectivity index (χ0v) is 14.0. The van der Waals surface area contributed by atoms with Gasteiger partial charge in [0.15, 0.2) is 0 Å². The molecule has 0 spiro atoms. The van der Waals surface area contributed by atoms with E-state index in [0.29, 0.717) is 34.3 Å². The number of aliphatic imine (C=N–C) groups is 1. The molecular formula is C18H15ClN2O3. The van der Waals surface area contributed by atoms with Gasteiger partial charge in [0.1, 0.15) is 5.71 Å². The Morgan fingerprint density at radius 1 is 1.21 bits per heavy atom. The van der Waals surface area contributed by atoms with Crippen LogP contribution >= 0.6 is 11.6 Å². The van der Waals surface area contributed by atoms with Crippen LogP contribution in [0.3, 0.4) is 0 Å². The molecule has 1 amide bonds. The third-order valence-electron chi connectivity index (χ3n) is 3.73. The van der Waals surface area contributed by atoms with Crippen molar-refractivity contribution in [2.24, 2.45) is 4.99 Å². The molecular weight excluding hydrogens is 328 g/mol. The molecule has 1 N–H and O–H groups in total. The van der Waals surface area contributed by atoms with Gasteiger partial charge in [-0.05, 0) is 55.8 Å². The second-order valence-corrected chi connectivity index (χ2v) is 5.68. The van der Waals surface area contributed by atoms with Crippen LogP contribution in [0.5, 0.6) is 0 Å². The van der Waals surface area contributed by atoms with Crippen molar-refractivity contribution in [3.05, 3.63) is 58.1 Å². The second-order valence-electron chi connectivity index (χ2n) is 5.28. The van der Waals surface area contributed by atoms with Crippen LogP contribution in [0.1, 0.15) is 28.4 Å². The van der Waals surface area contributed by atoms with E-state index in [0.717, 1.165) is 11.1 Å². The lowest BCUT2D eigenvalue weighted by molar-refractivity contribution is -0.110. The van der Waals surface area contributed by atoms with Crippen LogP contribution in [0.4, 0.5) is 11.4 Å². The van der Waals surface area contributed by atoms with E-state index < -0.39 is 0 Å². The topological polar surface area (TPSA) is 67.8 Å². The van der Waals surface area contributed by atoms with Gasteiger partial charge >= 0.3 is 5.97 Å². The first-order valence-corrected chi connectivity index (χ1v) is 7.85. The van der Waals surface area contributed by atoms with Crippen LogP contribution in [-0.4, -0.2) is 24.2 Å². The highest BCUT2D eigenvalue weighted by Gasteiger charge is 2.28. The number of fused-ring (bicyclic) bond motifs is 1.